The van der Waals surface area contributed by atoms with Crippen molar-refractivity contribution in [2.75, 3.05) is 10.6 Å². The van der Waals surface area contributed by atoms with Gasteiger partial charge in [0.25, 0.3) is 5.91 Å². The number of nitrogens with one attached hydrogen (secondary N) is 2. The third-order valence-corrected chi connectivity index (χ3v) is 4.95. The number of carbonyl (C=O) groups excluding carboxylic acids is 1. The number of carbonyl (C=O) groups is 1. The molecule has 1 aromatic carbocycles. The van der Waals surface area contributed by atoms with Gasteiger partial charge in [-0.3, -0.25) is 9.48 Å². The Morgan fingerprint density at radius 1 is 1.22 bits per heavy atom. The Balaban J connectivity index is 1.59. The monoisotopic (exact) mass is 366 g/mol. The van der Waals surface area contributed by atoms with Gasteiger partial charge >= 0.3 is 0 Å². The van der Waals surface area contributed by atoms with Gasteiger partial charge in [0.1, 0.15) is 5.82 Å². The van der Waals surface area contributed by atoms with Crippen LogP contribution >= 0.6 is 0 Å². The van der Waals surface area contributed by atoms with E-state index < -0.39 is 0 Å². The normalized spacial score (nSPS) is 19.8. The van der Waals surface area contributed by atoms with E-state index in [1.54, 1.807) is 36.3 Å². The smallest absolute Gasteiger partial charge is 0.259 e. The molecule has 0 unspecified atom stereocenters. The van der Waals surface area contributed by atoms with E-state index in [2.05, 4.69) is 25.7 Å². The minimum absolute atomic E-state index is 0.206. The topological polar surface area (TPSA) is 105 Å². The molecular formula is C19H22N6O2. The van der Waals surface area contributed by atoms with Crippen LogP contribution in [0.3, 0.4) is 0 Å². The molecule has 0 bridgehead atoms. The first-order valence-corrected chi connectivity index (χ1v) is 9.10. The first-order valence-electron chi connectivity index (χ1n) is 9.10. The lowest BCUT2D eigenvalue weighted by molar-refractivity contribution is 0.102. The highest BCUT2D eigenvalue weighted by Gasteiger charge is 2.20. The number of hydrogen-bond donors (Lipinski definition) is 3. The molecule has 2 heterocycles. The van der Waals surface area contributed by atoms with Gasteiger partial charge in [-0.1, -0.05) is 12.1 Å². The quantitative estimate of drug-likeness (QED) is 0.654. The molecule has 3 aromatic rings. The summed E-state index contributed by atoms with van der Waals surface area (Å²) in [6.45, 7) is 0. The van der Waals surface area contributed by atoms with Gasteiger partial charge in [0.15, 0.2) is 0 Å². The van der Waals surface area contributed by atoms with Gasteiger partial charge in [-0.2, -0.15) is 5.10 Å². The van der Waals surface area contributed by atoms with Crippen LogP contribution in [0.1, 0.15) is 36.0 Å². The lowest BCUT2D eigenvalue weighted by Crippen LogP contribution is -2.29. The maximum Gasteiger partial charge on any atom is 0.259 e. The van der Waals surface area contributed by atoms with Crippen LogP contribution in [0.15, 0.2) is 36.7 Å². The number of para-hydroxylation sites is 1. The van der Waals surface area contributed by atoms with Crippen LogP contribution in [0, 0.1) is 0 Å². The van der Waals surface area contributed by atoms with E-state index in [9.17, 15) is 9.90 Å². The molecule has 0 aliphatic heterocycles. The predicted octanol–water partition coefficient (Wildman–Crippen LogP) is 2.33. The standard InChI is InChI=1S/C19H22N6O2/c1-25-16(9-10-21-25)23-18(27)15-4-2-3-12-11-20-19(24-17(12)15)22-13-5-7-14(26)8-6-13/h2-4,9-11,13-14,26H,5-8H2,1H3,(H,23,27)(H,20,22,24). The number of anilines is 2. The highest BCUT2D eigenvalue weighted by Crippen LogP contribution is 2.23. The molecule has 0 saturated heterocycles. The van der Waals surface area contributed by atoms with Crippen molar-refractivity contribution < 1.29 is 9.90 Å². The second kappa shape index (κ2) is 7.32. The zero-order valence-corrected chi connectivity index (χ0v) is 15.1. The van der Waals surface area contributed by atoms with Crippen molar-refractivity contribution in [1.29, 1.82) is 0 Å². The Bertz CT molecular complexity index is 962. The molecule has 140 valence electrons. The molecule has 4 rings (SSSR count). The predicted molar refractivity (Wildman–Crippen MR) is 103 cm³/mol. The first kappa shape index (κ1) is 17.4. The van der Waals surface area contributed by atoms with Crippen molar-refractivity contribution in [3.8, 4) is 0 Å². The molecule has 3 N–H and O–H groups in total. The molecule has 0 radical (unpaired) electrons. The van der Waals surface area contributed by atoms with E-state index in [0.717, 1.165) is 31.1 Å². The maximum atomic E-state index is 12.8. The number of aliphatic hydroxyl groups is 1. The van der Waals surface area contributed by atoms with E-state index in [-0.39, 0.29) is 18.1 Å². The first-order chi connectivity index (χ1) is 13.1. The molecule has 8 nitrogen and oxygen atoms in total. The van der Waals surface area contributed by atoms with Crippen LogP contribution in [-0.2, 0) is 7.05 Å². The summed E-state index contributed by atoms with van der Waals surface area (Å²) in [5.74, 6) is 0.879. The lowest BCUT2D eigenvalue weighted by atomic mass is 9.93. The van der Waals surface area contributed by atoms with E-state index >= 15 is 0 Å². The summed E-state index contributed by atoms with van der Waals surface area (Å²) < 4.78 is 1.60. The Kier molecular flexibility index (Phi) is 4.72. The molecule has 8 heteroatoms. The fourth-order valence-electron chi connectivity index (χ4n) is 3.39. The number of aryl methyl sites for hydroxylation is 1. The van der Waals surface area contributed by atoms with Gasteiger partial charge in [-0.25, -0.2) is 9.97 Å². The minimum atomic E-state index is -0.241. The van der Waals surface area contributed by atoms with Crippen molar-refractivity contribution in [3.05, 3.63) is 42.2 Å². The molecular weight excluding hydrogens is 344 g/mol. The zero-order chi connectivity index (χ0) is 18.8. The number of aliphatic hydroxyl groups excluding tert-OH is 1. The summed E-state index contributed by atoms with van der Waals surface area (Å²) in [5.41, 5.74) is 1.09. The fraction of sp³-hybridized carbons (Fsp3) is 0.368. The summed E-state index contributed by atoms with van der Waals surface area (Å²) >= 11 is 0. The average molecular weight is 366 g/mol. The van der Waals surface area contributed by atoms with Crippen LogP contribution in [0.25, 0.3) is 10.9 Å². The van der Waals surface area contributed by atoms with E-state index in [0.29, 0.717) is 22.8 Å². The minimum Gasteiger partial charge on any atom is -0.393 e. The van der Waals surface area contributed by atoms with Crippen molar-refractivity contribution in [2.24, 2.45) is 7.05 Å². The molecule has 1 saturated carbocycles. The number of fused-ring (bicyclic) bond motifs is 1. The lowest BCUT2D eigenvalue weighted by Gasteiger charge is -2.26. The molecule has 1 fully saturated rings. The number of nitrogens with zero attached hydrogens (tertiary/aromatic N) is 4. The molecule has 1 aliphatic rings. The van der Waals surface area contributed by atoms with Crippen molar-refractivity contribution in [3.63, 3.8) is 0 Å². The van der Waals surface area contributed by atoms with Gasteiger partial charge in [0.05, 0.1) is 23.4 Å². The van der Waals surface area contributed by atoms with Crippen LogP contribution in [0.5, 0.6) is 0 Å². The van der Waals surface area contributed by atoms with Crippen LogP contribution in [0.2, 0.25) is 0 Å². The third-order valence-electron chi connectivity index (χ3n) is 4.95. The molecule has 0 spiro atoms. The summed E-state index contributed by atoms with van der Waals surface area (Å²) in [7, 11) is 1.77. The van der Waals surface area contributed by atoms with Crippen molar-refractivity contribution in [2.45, 2.75) is 37.8 Å². The molecule has 1 amide bonds. The second-order valence-corrected chi connectivity index (χ2v) is 6.88. The van der Waals surface area contributed by atoms with Crippen LogP contribution in [0.4, 0.5) is 11.8 Å². The third kappa shape index (κ3) is 3.75. The fourth-order valence-corrected chi connectivity index (χ4v) is 3.39. The summed E-state index contributed by atoms with van der Waals surface area (Å²) in [5, 5.41) is 20.7. The van der Waals surface area contributed by atoms with E-state index in [4.69, 9.17) is 0 Å². The Morgan fingerprint density at radius 3 is 2.78 bits per heavy atom. The Hall–Kier alpha value is -3.00. The van der Waals surface area contributed by atoms with Gasteiger partial charge in [-0.15, -0.1) is 0 Å². The average Bonchev–Trinajstić information content (AvgIpc) is 3.07. The summed E-state index contributed by atoms with van der Waals surface area (Å²) in [4.78, 5) is 21.7. The van der Waals surface area contributed by atoms with Gasteiger partial charge in [0.2, 0.25) is 5.95 Å². The zero-order valence-electron chi connectivity index (χ0n) is 15.1. The SMILES string of the molecule is Cn1nccc1NC(=O)c1cccc2cnc(NC3CCC(O)CC3)nc12. The number of hydrogen-bond acceptors (Lipinski definition) is 6. The number of aromatic nitrogens is 4. The molecule has 1 aliphatic carbocycles. The molecule has 2 aromatic heterocycles. The van der Waals surface area contributed by atoms with Gasteiger partial charge < -0.3 is 15.7 Å². The number of benzene rings is 1. The Labute approximate surface area is 156 Å². The number of amides is 1. The van der Waals surface area contributed by atoms with Crippen molar-refractivity contribution in [1.82, 2.24) is 19.7 Å². The highest BCUT2D eigenvalue weighted by atomic mass is 16.3. The van der Waals surface area contributed by atoms with Crippen LogP contribution in [-0.4, -0.2) is 42.9 Å². The summed E-state index contributed by atoms with van der Waals surface area (Å²) in [6.07, 6.45) is 6.47. The van der Waals surface area contributed by atoms with Crippen molar-refractivity contribution >= 4 is 28.6 Å². The van der Waals surface area contributed by atoms with E-state index in [1.165, 1.54) is 0 Å². The Morgan fingerprint density at radius 2 is 2.04 bits per heavy atom. The van der Waals surface area contributed by atoms with Gasteiger partial charge in [-0.05, 0) is 31.7 Å². The summed E-state index contributed by atoms with van der Waals surface area (Å²) in [6, 6.07) is 7.43. The van der Waals surface area contributed by atoms with Gasteiger partial charge in [0, 0.05) is 30.7 Å². The number of rotatable bonds is 4. The maximum absolute atomic E-state index is 12.8. The largest absolute Gasteiger partial charge is 0.393 e. The highest BCUT2D eigenvalue weighted by molar-refractivity contribution is 6.11. The molecule has 27 heavy (non-hydrogen) atoms. The second-order valence-electron chi connectivity index (χ2n) is 6.88. The van der Waals surface area contributed by atoms with Crippen LogP contribution < -0.4 is 10.6 Å². The van der Waals surface area contributed by atoms with E-state index in [1.807, 2.05) is 12.1 Å². The molecule has 0 atom stereocenters.